The lowest BCUT2D eigenvalue weighted by molar-refractivity contribution is -0.139. The number of carbonyl (C=O) groups excluding carboxylic acids is 4. The van der Waals surface area contributed by atoms with Crippen LogP contribution in [0.25, 0.3) is 10.9 Å². The van der Waals surface area contributed by atoms with Crippen LogP contribution in [0.3, 0.4) is 0 Å². The van der Waals surface area contributed by atoms with Crippen LogP contribution in [0.2, 0.25) is 0 Å². The van der Waals surface area contributed by atoms with E-state index in [4.69, 9.17) is 0 Å². The van der Waals surface area contributed by atoms with Crippen molar-refractivity contribution in [2.75, 3.05) is 25.0 Å². The molecule has 0 aliphatic carbocycles. The first-order chi connectivity index (χ1) is 20.2. The molecule has 14 heteroatoms. The Morgan fingerprint density at radius 2 is 1.70 bits per heavy atom. The van der Waals surface area contributed by atoms with Crippen molar-refractivity contribution < 1.29 is 36.7 Å². The number of piperidine rings is 1. The number of likely N-dealkylation sites (N-methyl/N-ethyl adjacent to an activating group) is 1. The number of likely N-dealkylation sites (tertiary alicyclic amines) is 1. The minimum Gasteiger partial charge on any atom is -0.341 e. The Labute approximate surface area is 244 Å². The van der Waals surface area contributed by atoms with Gasteiger partial charge >= 0.3 is 12.2 Å². The molecular weight excluding hydrogens is 572 g/mol. The highest BCUT2D eigenvalue weighted by molar-refractivity contribution is 6.17. The van der Waals surface area contributed by atoms with Gasteiger partial charge in [0, 0.05) is 38.3 Å². The van der Waals surface area contributed by atoms with Crippen LogP contribution in [0.15, 0.2) is 42.6 Å². The third-order valence-corrected chi connectivity index (χ3v) is 8.26. The van der Waals surface area contributed by atoms with E-state index in [1.807, 2.05) is 6.07 Å². The Morgan fingerprint density at radius 1 is 1.02 bits per heavy atom. The molecule has 1 aromatic heterocycles. The lowest BCUT2D eigenvalue weighted by Crippen LogP contribution is -2.60. The summed E-state index contributed by atoms with van der Waals surface area (Å²) in [4.78, 5) is 57.2. The van der Waals surface area contributed by atoms with Crippen molar-refractivity contribution in [3.8, 4) is 0 Å². The van der Waals surface area contributed by atoms with Crippen LogP contribution in [-0.4, -0.2) is 75.1 Å². The largest absolute Gasteiger partial charge is 0.416 e. The van der Waals surface area contributed by atoms with Crippen molar-refractivity contribution in [3.05, 3.63) is 59.5 Å². The van der Waals surface area contributed by atoms with E-state index in [0.717, 1.165) is 15.8 Å². The molecule has 2 fully saturated rings. The Hall–Kier alpha value is -4.49. The van der Waals surface area contributed by atoms with Crippen molar-refractivity contribution in [1.82, 2.24) is 24.9 Å². The fourth-order valence-corrected chi connectivity index (χ4v) is 5.81. The van der Waals surface area contributed by atoms with Crippen LogP contribution in [-0.2, 0) is 22.8 Å². The Morgan fingerprint density at radius 3 is 2.33 bits per heavy atom. The monoisotopic (exact) mass is 602 g/mol. The molecule has 1 unspecified atom stereocenters. The third-order valence-electron chi connectivity index (χ3n) is 8.26. The second-order valence-corrected chi connectivity index (χ2v) is 11.2. The molecule has 3 heterocycles. The number of anilines is 1. The fraction of sp³-hybridized carbons (Fsp3) is 0.414. The van der Waals surface area contributed by atoms with E-state index in [-0.39, 0.29) is 25.9 Å². The van der Waals surface area contributed by atoms with Crippen molar-refractivity contribution in [1.29, 1.82) is 0 Å². The van der Waals surface area contributed by atoms with E-state index in [1.165, 1.54) is 16.8 Å². The molecule has 5 amide bonds. The third kappa shape index (κ3) is 5.08. The number of imide groups is 1. The van der Waals surface area contributed by atoms with Crippen molar-refractivity contribution in [2.24, 2.45) is 13.0 Å². The maximum atomic E-state index is 14.4. The van der Waals surface area contributed by atoms with Gasteiger partial charge in [0.05, 0.1) is 22.8 Å². The SMILES string of the molecule is CC(C)C(NC(=O)c1cc(C(F)(F)F)ccc1F)C(=O)N1CCC2(CC1)C(=O)N(C)C(=O)N2c1ccc2c(cnn2C)c1. The molecule has 10 nitrogen and oxygen atoms in total. The standard InChI is InChI=1S/C29H30F4N6O4/c1-16(2)23(35-24(40)20-14-18(29(31,32)33)5-7-21(20)30)25(41)38-11-9-28(10-12-38)26(42)36(3)27(43)39(28)19-6-8-22-17(13-19)15-34-37(22)4/h5-8,13-16,23H,9-12H2,1-4H3,(H,35,40). The Kier molecular flexibility index (Phi) is 7.43. The number of hydrogen-bond donors (Lipinski definition) is 1. The maximum absolute atomic E-state index is 14.4. The Bertz CT molecular complexity index is 1630. The van der Waals surface area contributed by atoms with Crippen LogP contribution in [0.5, 0.6) is 0 Å². The van der Waals surface area contributed by atoms with Gasteiger partial charge in [-0.1, -0.05) is 13.8 Å². The summed E-state index contributed by atoms with van der Waals surface area (Å²) in [6.45, 7) is 3.41. The maximum Gasteiger partial charge on any atom is 0.416 e. The zero-order valence-electron chi connectivity index (χ0n) is 23.9. The lowest BCUT2D eigenvalue weighted by atomic mass is 9.85. The van der Waals surface area contributed by atoms with Crippen LogP contribution in [0.1, 0.15) is 42.6 Å². The summed E-state index contributed by atoms with van der Waals surface area (Å²) in [5, 5.41) is 7.41. The molecule has 0 radical (unpaired) electrons. The molecule has 2 aliphatic rings. The van der Waals surface area contributed by atoms with E-state index in [0.29, 0.717) is 23.9 Å². The number of fused-ring (bicyclic) bond motifs is 1. The highest BCUT2D eigenvalue weighted by Gasteiger charge is 2.58. The quantitative estimate of drug-likeness (QED) is 0.352. The summed E-state index contributed by atoms with van der Waals surface area (Å²) in [6.07, 6.45) is -2.91. The Balaban J connectivity index is 1.36. The van der Waals surface area contributed by atoms with Crippen LogP contribution < -0.4 is 10.2 Å². The number of halogens is 4. The van der Waals surface area contributed by atoms with Gasteiger partial charge < -0.3 is 10.2 Å². The fourth-order valence-electron chi connectivity index (χ4n) is 5.81. The van der Waals surface area contributed by atoms with Crippen LogP contribution in [0.4, 0.5) is 28.0 Å². The van der Waals surface area contributed by atoms with E-state index >= 15 is 0 Å². The first kappa shape index (κ1) is 30.0. The van der Waals surface area contributed by atoms with Crippen LogP contribution >= 0.6 is 0 Å². The second-order valence-electron chi connectivity index (χ2n) is 11.2. The number of aryl methyl sites for hydroxylation is 1. The van der Waals surface area contributed by atoms with Crippen LogP contribution in [0, 0.1) is 11.7 Å². The van der Waals surface area contributed by atoms with E-state index < -0.39 is 64.4 Å². The van der Waals surface area contributed by atoms with Gasteiger partial charge in [-0.3, -0.25) is 28.9 Å². The summed E-state index contributed by atoms with van der Waals surface area (Å²) < 4.78 is 55.5. The van der Waals surface area contributed by atoms with Gasteiger partial charge in [-0.15, -0.1) is 0 Å². The van der Waals surface area contributed by atoms with E-state index in [2.05, 4.69) is 10.4 Å². The molecule has 1 N–H and O–H groups in total. The molecular formula is C29H30F4N6O4. The number of amides is 5. The molecule has 0 bridgehead atoms. The molecule has 1 atom stereocenters. The molecule has 3 aromatic rings. The highest BCUT2D eigenvalue weighted by Crippen LogP contribution is 2.41. The zero-order chi connectivity index (χ0) is 31.4. The first-order valence-corrected chi connectivity index (χ1v) is 13.7. The van der Waals surface area contributed by atoms with Gasteiger partial charge in [0.2, 0.25) is 5.91 Å². The number of aromatic nitrogens is 2. The number of benzene rings is 2. The number of nitrogens with one attached hydrogen (secondary N) is 1. The predicted octanol–water partition coefficient (Wildman–Crippen LogP) is 3.95. The van der Waals surface area contributed by atoms with Gasteiger partial charge in [0.25, 0.3) is 11.8 Å². The summed E-state index contributed by atoms with van der Waals surface area (Å²) in [6, 6.07) is 5.16. The molecule has 2 saturated heterocycles. The topological polar surface area (TPSA) is 108 Å². The van der Waals surface area contributed by atoms with Gasteiger partial charge in [-0.2, -0.15) is 18.3 Å². The average Bonchev–Trinajstić information content (AvgIpc) is 3.41. The molecule has 5 rings (SSSR count). The predicted molar refractivity (Wildman–Crippen MR) is 147 cm³/mol. The summed E-state index contributed by atoms with van der Waals surface area (Å²) >= 11 is 0. The van der Waals surface area contributed by atoms with Crippen molar-refractivity contribution >= 4 is 40.3 Å². The number of rotatable bonds is 5. The van der Waals surface area contributed by atoms with Crippen molar-refractivity contribution in [3.63, 3.8) is 0 Å². The first-order valence-electron chi connectivity index (χ1n) is 13.7. The molecule has 1 spiro atoms. The summed E-state index contributed by atoms with van der Waals surface area (Å²) in [5.41, 5.74) is -1.91. The van der Waals surface area contributed by atoms with Gasteiger partial charge in [-0.25, -0.2) is 9.18 Å². The number of hydrogen-bond acceptors (Lipinski definition) is 5. The normalized spacial score (nSPS) is 17.8. The van der Waals surface area contributed by atoms with Gasteiger partial charge in [0.15, 0.2) is 0 Å². The van der Waals surface area contributed by atoms with Crippen molar-refractivity contribution in [2.45, 2.75) is 44.4 Å². The number of alkyl halides is 3. The minimum atomic E-state index is -4.79. The zero-order valence-corrected chi connectivity index (χ0v) is 23.9. The molecule has 228 valence electrons. The molecule has 2 aromatic carbocycles. The highest BCUT2D eigenvalue weighted by atomic mass is 19.4. The number of nitrogens with zero attached hydrogens (tertiary/aromatic N) is 5. The molecule has 2 aliphatic heterocycles. The number of urea groups is 1. The average molecular weight is 603 g/mol. The number of carbonyl (C=O) groups is 4. The smallest absolute Gasteiger partial charge is 0.341 e. The summed E-state index contributed by atoms with van der Waals surface area (Å²) in [5.74, 6) is -3.73. The lowest BCUT2D eigenvalue weighted by Gasteiger charge is -2.43. The van der Waals surface area contributed by atoms with Gasteiger partial charge in [0.1, 0.15) is 17.4 Å². The minimum absolute atomic E-state index is 0.0638. The second kappa shape index (κ2) is 10.7. The van der Waals surface area contributed by atoms with E-state index in [9.17, 15) is 36.7 Å². The summed E-state index contributed by atoms with van der Waals surface area (Å²) in [7, 11) is 3.20. The van der Waals surface area contributed by atoms with E-state index in [1.54, 1.807) is 43.9 Å². The molecule has 0 saturated carbocycles. The van der Waals surface area contributed by atoms with Gasteiger partial charge in [-0.05, 0) is 55.2 Å². The molecule has 43 heavy (non-hydrogen) atoms.